The predicted molar refractivity (Wildman–Crippen MR) is 131 cm³/mol. The van der Waals surface area contributed by atoms with Crippen molar-refractivity contribution in [1.29, 1.82) is 0 Å². The van der Waals surface area contributed by atoms with Gasteiger partial charge in [-0.15, -0.1) is 0 Å². The first-order chi connectivity index (χ1) is 15.0. The average Bonchev–Trinajstić information content (AvgIpc) is 3.04. The lowest BCUT2D eigenvalue weighted by Gasteiger charge is -2.15. The number of nitrogens with zero attached hydrogens (tertiary/aromatic N) is 1. The van der Waals surface area contributed by atoms with Crippen LogP contribution in [0.25, 0.3) is 6.08 Å². The zero-order valence-corrected chi connectivity index (χ0v) is 19.0. The van der Waals surface area contributed by atoms with Gasteiger partial charge in [0.05, 0.1) is 4.91 Å². The van der Waals surface area contributed by atoms with Gasteiger partial charge in [0.15, 0.2) is 4.32 Å². The molecule has 1 aliphatic rings. The van der Waals surface area contributed by atoms with E-state index in [-0.39, 0.29) is 11.8 Å². The topological polar surface area (TPSA) is 49.4 Å². The van der Waals surface area contributed by atoms with E-state index in [9.17, 15) is 9.59 Å². The zero-order valence-electron chi connectivity index (χ0n) is 16.6. The standard InChI is InChI=1S/C24H18N2O2S3/c1-16-7-11-19(12-8-16)30-20-13-9-17(10-14-20)15-21-23(28)26(24(29)31-21)25-22(27)18-5-3-2-4-6-18/h2-15H,1H3,(H,25,27)/b21-15-. The predicted octanol–water partition coefficient (Wildman–Crippen LogP) is 5.69. The normalized spacial score (nSPS) is 14.9. The van der Waals surface area contributed by atoms with Crippen LogP contribution in [-0.4, -0.2) is 21.1 Å². The molecule has 0 radical (unpaired) electrons. The maximum absolute atomic E-state index is 12.8. The van der Waals surface area contributed by atoms with Gasteiger partial charge in [-0.3, -0.25) is 15.0 Å². The van der Waals surface area contributed by atoms with Gasteiger partial charge in [-0.1, -0.05) is 71.6 Å². The number of benzene rings is 3. The second-order valence-corrected chi connectivity index (χ2v) is 9.63. The third-order valence-corrected chi connectivity index (χ3v) is 6.80. The zero-order chi connectivity index (χ0) is 21.8. The minimum absolute atomic E-state index is 0.298. The maximum atomic E-state index is 12.8. The van der Waals surface area contributed by atoms with Crippen LogP contribution in [0.5, 0.6) is 0 Å². The monoisotopic (exact) mass is 462 g/mol. The van der Waals surface area contributed by atoms with E-state index in [1.54, 1.807) is 42.1 Å². The molecule has 0 saturated carbocycles. The van der Waals surface area contributed by atoms with Crippen molar-refractivity contribution < 1.29 is 9.59 Å². The Morgan fingerprint density at radius 2 is 1.58 bits per heavy atom. The summed E-state index contributed by atoms with van der Waals surface area (Å²) in [7, 11) is 0. The average molecular weight is 463 g/mol. The molecule has 0 spiro atoms. The number of amides is 2. The lowest BCUT2D eigenvalue weighted by Crippen LogP contribution is -2.44. The molecule has 1 aliphatic heterocycles. The van der Waals surface area contributed by atoms with E-state index in [0.717, 1.165) is 15.5 Å². The number of carbonyl (C=O) groups is 2. The number of hydrogen-bond acceptors (Lipinski definition) is 5. The van der Waals surface area contributed by atoms with Gasteiger partial charge >= 0.3 is 0 Å². The number of aryl methyl sites for hydroxylation is 1. The Bertz CT molecular complexity index is 1160. The van der Waals surface area contributed by atoms with E-state index in [1.165, 1.54) is 22.2 Å². The van der Waals surface area contributed by atoms with Gasteiger partial charge in [0.2, 0.25) is 0 Å². The Morgan fingerprint density at radius 1 is 0.968 bits per heavy atom. The van der Waals surface area contributed by atoms with E-state index >= 15 is 0 Å². The summed E-state index contributed by atoms with van der Waals surface area (Å²) < 4.78 is 0.298. The van der Waals surface area contributed by atoms with Gasteiger partial charge in [0.25, 0.3) is 11.8 Å². The molecule has 3 aromatic rings. The summed E-state index contributed by atoms with van der Waals surface area (Å²) in [5.41, 5.74) is 5.17. The van der Waals surface area contributed by atoms with E-state index in [1.807, 2.05) is 30.3 Å². The molecule has 0 aliphatic carbocycles. The largest absolute Gasteiger partial charge is 0.285 e. The maximum Gasteiger partial charge on any atom is 0.285 e. The molecule has 0 bridgehead atoms. The quantitative estimate of drug-likeness (QED) is 0.390. The van der Waals surface area contributed by atoms with Crippen molar-refractivity contribution in [3.8, 4) is 0 Å². The Balaban J connectivity index is 1.43. The molecule has 1 saturated heterocycles. The Kier molecular flexibility index (Phi) is 6.56. The second-order valence-electron chi connectivity index (χ2n) is 6.81. The van der Waals surface area contributed by atoms with E-state index in [2.05, 4.69) is 36.6 Å². The lowest BCUT2D eigenvalue weighted by atomic mass is 10.2. The van der Waals surface area contributed by atoms with Crippen molar-refractivity contribution in [2.75, 3.05) is 0 Å². The van der Waals surface area contributed by atoms with Crippen LogP contribution in [0.4, 0.5) is 0 Å². The number of nitrogens with one attached hydrogen (secondary N) is 1. The minimum Gasteiger partial charge on any atom is -0.267 e. The van der Waals surface area contributed by atoms with Gasteiger partial charge in [0.1, 0.15) is 0 Å². The molecule has 1 N–H and O–H groups in total. The Labute approximate surface area is 194 Å². The summed E-state index contributed by atoms with van der Waals surface area (Å²) in [6.07, 6.45) is 1.79. The molecule has 154 valence electrons. The first-order valence-corrected chi connectivity index (χ1v) is 11.5. The van der Waals surface area contributed by atoms with Gasteiger partial charge < -0.3 is 0 Å². The molecule has 4 nitrogen and oxygen atoms in total. The molecule has 0 aromatic heterocycles. The molecule has 0 unspecified atom stereocenters. The lowest BCUT2D eigenvalue weighted by molar-refractivity contribution is -0.123. The van der Waals surface area contributed by atoms with Crippen LogP contribution in [0.2, 0.25) is 0 Å². The number of thiocarbonyl (C=S) groups is 1. The first kappa shape index (κ1) is 21.4. The molecule has 0 atom stereocenters. The van der Waals surface area contributed by atoms with Crippen LogP contribution in [0.1, 0.15) is 21.5 Å². The van der Waals surface area contributed by atoms with Crippen LogP contribution < -0.4 is 5.43 Å². The molecule has 2 amide bonds. The molecule has 7 heteroatoms. The number of rotatable bonds is 5. The molecule has 1 fully saturated rings. The van der Waals surface area contributed by atoms with Crippen molar-refractivity contribution in [3.05, 3.63) is 100 Å². The summed E-state index contributed by atoms with van der Waals surface area (Å²) in [6.45, 7) is 2.07. The highest BCUT2D eigenvalue weighted by molar-refractivity contribution is 8.26. The number of hydrazine groups is 1. The van der Waals surface area contributed by atoms with Crippen molar-refractivity contribution in [1.82, 2.24) is 10.4 Å². The van der Waals surface area contributed by atoms with E-state index in [4.69, 9.17) is 12.2 Å². The van der Waals surface area contributed by atoms with Crippen LogP contribution >= 0.6 is 35.7 Å². The summed E-state index contributed by atoms with van der Waals surface area (Å²) in [5, 5.41) is 1.13. The van der Waals surface area contributed by atoms with Crippen LogP contribution in [0, 0.1) is 6.92 Å². The van der Waals surface area contributed by atoms with Crippen molar-refractivity contribution in [2.45, 2.75) is 16.7 Å². The summed E-state index contributed by atoms with van der Waals surface area (Å²) in [6, 6.07) is 25.1. The number of carbonyl (C=O) groups excluding carboxylic acids is 2. The van der Waals surface area contributed by atoms with Crippen LogP contribution in [-0.2, 0) is 4.79 Å². The third kappa shape index (κ3) is 5.25. The first-order valence-electron chi connectivity index (χ1n) is 9.48. The highest BCUT2D eigenvalue weighted by atomic mass is 32.2. The highest BCUT2D eigenvalue weighted by Gasteiger charge is 2.33. The number of hydrogen-bond donors (Lipinski definition) is 1. The summed E-state index contributed by atoms with van der Waals surface area (Å²) in [5.74, 6) is -0.715. The fourth-order valence-corrected chi connectivity index (χ4v) is 4.84. The molecule has 3 aromatic carbocycles. The van der Waals surface area contributed by atoms with Gasteiger partial charge in [0, 0.05) is 15.4 Å². The fourth-order valence-electron chi connectivity index (χ4n) is 2.85. The van der Waals surface area contributed by atoms with Gasteiger partial charge in [-0.05, 0) is 67.2 Å². The SMILES string of the molecule is Cc1ccc(Sc2ccc(/C=C3\SC(=S)N(NC(=O)c4ccccc4)C3=O)cc2)cc1. The fraction of sp³-hybridized carbons (Fsp3) is 0.0417. The number of thioether (sulfide) groups is 1. The van der Waals surface area contributed by atoms with Gasteiger partial charge in [-0.25, -0.2) is 0 Å². The molecule has 4 rings (SSSR count). The van der Waals surface area contributed by atoms with Crippen molar-refractivity contribution >= 4 is 58.0 Å². The second kappa shape index (κ2) is 9.51. The third-order valence-electron chi connectivity index (χ3n) is 4.48. The van der Waals surface area contributed by atoms with E-state index < -0.39 is 0 Å². The van der Waals surface area contributed by atoms with Gasteiger partial charge in [-0.2, -0.15) is 5.01 Å². The summed E-state index contributed by atoms with van der Waals surface area (Å²) >= 11 is 8.15. The molecule has 1 heterocycles. The smallest absolute Gasteiger partial charge is 0.267 e. The molecular weight excluding hydrogens is 444 g/mol. The Morgan fingerprint density at radius 3 is 2.23 bits per heavy atom. The highest BCUT2D eigenvalue weighted by Crippen LogP contribution is 2.32. The molecule has 31 heavy (non-hydrogen) atoms. The van der Waals surface area contributed by atoms with E-state index in [0.29, 0.717) is 14.8 Å². The van der Waals surface area contributed by atoms with Crippen molar-refractivity contribution in [3.63, 3.8) is 0 Å². The Hall–Kier alpha value is -2.87. The van der Waals surface area contributed by atoms with Crippen molar-refractivity contribution in [2.24, 2.45) is 0 Å². The summed E-state index contributed by atoms with van der Waals surface area (Å²) in [4.78, 5) is 27.9. The van der Waals surface area contributed by atoms with Crippen LogP contribution in [0.3, 0.4) is 0 Å². The molecular formula is C24H18N2O2S3. The van der Waals surface area contributed by atoms with Crippen LogP contribution in [0.15, 0.2) is 93.6 Å². The minimum atomic E-state index is -0.379.